The molecule has 1 aromatic heterocycles. The molecule has 0 fully saturated rings. The Balaban J connectivity index is 2.11. The van der Waals surface area contributed by atoms with Crippen molar-refractivity contribution in [3.8, 4) is 0 Å². The molecule has 2 atom stereocenters. The number of rotatable bonds is 7. The van der Waals surface area contributed by atoms with Gasteiger partial charge in [-0.25, -0.2) is 0 Å². The van der Waals surface area contributed by atoms with Crippen LogP contribution in [0.15, 0.2) is 55.1 Å². The van der Waals surface area contributed by atoms with Gasteiger partial charge in [0.05, 0.1) is 16.8 Å². The van der Waals surface area contributed by atoms with Crippen LogP contribution in [0, 0.1) is 5.92 Å². The van der Waals surface area contributed by atoms with E-state index < -0.39 is 0 Å². The van der Waals surface area contributed by atoms with E-state index in [1.165, 1.54) is 11.3 Å². The molecule has 1 aromatic carbocycles. The minimum absolute atomic E-state index is 0.0192. The maximum absolute atomic E-state index is 12.8. The van der Waals surface area contributed by atoms with Crippen LogP contribution < -0.4 is 5.73 Å². The highest BCUT2D eigenvalue weighted by molar-refractivity contribution is 7.16. The van der Waals surface area contributed by atoms with E-state index in [2.05, 4.69) is 6.58 Å². The highest BCUT2D eigenvalue weighted by atomic mass is 35.5. The van der Waals surface area contributed by atoms with Gasteiger partial charge in [0.25, 0.3) is 0 Å². The maximum atomic E-state index is 12.8. The Kier molecular flexibility index (Phi) is 6.39. The number of nitrogens with zero attached hydrogens (tertiary/aromatic N) is 1. The van der Waals surface area contributed by atoms with E-state index in [9.17, 15) is 4.79 Å². The minimum Gasteiger partial charge on any atom is -0.334 e. The highest BCUT2D eigenvalue weighted by Crippen LogP contribution is 2.25. The van der Waals surface area contributed by atoms with Crippen LogP contribution in [0.4, 0.5) is 0 Å². The Labute approximate surface area is 146 Å². The summed E-state index contributed by atoms with van der Waals surface area (Å²) < 4.78 is 0.722. The monoisotopic (exact) mass is 348 g/mol. The summed E-state index contributed by atoms with van der Waals surface area (Å²) in [5.41, 5.74) is 7.24. The fraction of sp³-hybridized carbons (Fsp3) is 0.278. The molecule has 0 spiro atoms. The number of hydrogen-bond donors (Lipinski definition) is 1. The average Bonchev–Trinajstić information content (AvgIpc) is 2.98. The summed E-state index contributed by atoms with van der Waals surface area (Å²) in [6.07, 6.45) is 1.73. The Hall–Kier alpha value is -1.62. The number of halogens is 1. The van der Waals surface area contributed by atoms with Crippen LogP contribution in [0.1, 0.15) is 23.4 Å². The van der Waals surface area contributed by atoms with Gasteiger partial charge in [-0.3, -0.25) is 4.79 Å². The highest BCUT2D eigenvalue weighted by Gasteiger charge is 2.26. The second kappa shape index (κ2) is 8.29. The van der Waals surface area contributed by atoms with Crippen molar-refractivity contribution in [1.29, 1.82) is 0 Å². The van der Waals surface area contributed by atoms with Crippen molar-refractivity contribution >= 4 is 28.8 Å². The number of carbonyl (C=O) groups excluding carboxylic acids is 1. The van der Waals surface area contributed by atoms with Crippen LogP contribution in [-0.4, -0.2) is 17.4 Å². The largest absolute Gasteiger partial charge is 0.334 e. The molecule has 0 aliphatic rings. The first-order valence-electron chi connectivity index (χ1n) is 7.47. The van der Waals surface area contributed by atoms with Crippen molar-refractivity contribution < 1.29 is 4.79 Å². The van der Waals surface area contributed by atoms with Crippen molar-refractivity contribution in [3.05, 3.63) is 69.9 Å². The topological polar surface area (TPSA) is 46.3 Å². The van der Waals surface area contributed by atoms with Crippen molar-refractivity contribution in [1.82, 2.24) is 4.90 Å². The zero-order valence-electron chi connectivity index (χ0n) is 13.1. The molecule has 3 nitrogen and oxygen atoms in total. The summed E-state index contributed by atoms with van der Waals surface area (Å²) in [6.45, 7) is 6.63. The SMILES string of the molecule is C=CCN(Cc1ccc(Cl)s1)C(=O)C(C)C(N)c1ccccc1. The summed E-state index contributed by atoms with van der Waals surface area (Å²) in [7, 11) is 0. The van der Waals surface area contributed by atoms with Crippen molar-refractivity contribution in [2.24, 2.45) is 11.7 Å². The number of thiophene rings is 1. The lowest BCUT2D eigenvalue weighted by molar-refractivity contribution is -0.135. The lowest BCUT2D eigenvalue weighted by Crippen LogP contribution is -2.39. The van der Waals surface area contributed by atoms with E-state index in [0.29, 0.717) is 13.1 Å². The number of amides is 1. The fourth-order valence-electron chi connectivity index (χ4n) is 2.42. The van der Waals surface area contributed by atoms with E-state index in [-0.39, 0.29) is 17.9 Å². The van der Waals surface area contributed by atoms with Crippen LogP contribution in [-0.2, 0) is 11.3 Å². The van der Waals surface area contributed by atoms with E-state index >= 15 is 0 Å². The number of hydrogen-bond acceptors (Lipinski definition) is 3. The zero-order valence-corrected chi connectivity index (χ0v) is 14.7. The molecule has 0 saturated heterocycles. The lowest BCUT2D eigenvalue weighted by atomic mass is 9.94. The number of benzene rings is 1. The molecule has 5 heteroatoms. The van der Waals surface area contributed by atoms with Crippen LogP contribution in [0.5, 0.6) is 0 Å². The van der Waals surface area contributed by atoms with Gasteiger partial charge < -0.3 is 10.6 Å². The third-order valence-corrected chi connectivity index (χ3v) is 4.97. The molecule has 2 N–H and O–H groups in total. The molecule has 122 valence electrons. The van der Waals surface area contributed by atoms with Gasteiger partial charge in [0.15, 0.2) is 0 Å². The van der Waals surface area contributed by atoms with Crippen LogP contribution in [0.25, 0.3) is 0 Å². The molecule has 2 aromatic rings. The average molecular weight is 349 g/mol. The Morgan fingerprint density at radius 2 is 2.04 bits per heavy atom. The molecule has 0 saturated carbocycles. The molecule has 1 amide bonds. The molecule has 1 heterocycles. The summed E-state index contributed by atoms with van der Waals surface area (Å²) in [5.74, 6) is -0.293. The zero-order chi connectivity index (χ0) is 16.8. The molecule has 23 heavy (non-hydrogen) atoms. The molecule has 0 radical (unpaired) electrons. The standard InChI is InChI=1S/C18H21ClN2OS/c1-3-11-21(12-15-9-10-16(19)23-15)18(22)13(2)17(20)14-7-5-4-6-8-14/h3-10,13,17H,1,11-12,20H2,2H3. The molecular formula is C18H21ClN2OS. The van der Waals surface area contributed by atoms with Crippen molar-refractivity contribution in [3.63, 3.8) is 0 Å². The van der Waals surface area contributed by atoms with E-state index in [1.807, 2.05) is 49.4 Å². The lowest BCUT2D eigenvalue weighted by Gasteiger charge is -2.27. The van der Waals surface area contributed by atoms with Gasteiger partial charge in [-0.15, -0.1) is 17.9 Å². The fourth-order valence-corrected chi connectivity index (χ4v) is 3.52. The van der Waals surface area contributed by atoms with Gasteiger partial charge in [-0.05, 0) is 17.7 Å². The molecule has 0 aliphatic heterocycles. The van der Waals surface area contributed by atoms with Crippen LogP contribution >= 0.6 is 22.9 Å². The first kappa shape index (κ1) is 17.7. The third kappa shape index (κ3) is 4.67. The van der Waals surface area contributed by atoms with E-state index in [0.717, 1.165) is 14.8 Å². The van der Waals surface area contributed by atoms with Gasteiger partial charge in [-0.2, -0.15) is 0 Å². The molecule has 2 rings (SSSR count). The molecule has 2 unspecified atom stereocenters. The number of carbonyl (C=O) groups is 1. The summed E-state index contributed by atoms with van der Waals surface area (Å²) in [4.78, 5) is 15.6. The Morgan fingerprint density at radius 1 is 1.35 bits per heavy atom. The smallest absolute Gasteiger partial charge is 0.227 e. The van der Waals surface area contributed by atoms with Crippen molar-refractivity contribution in [2.45, 2.75) is 19.5 Å². The summed E-state index contributed by atoms with van der Waals surface area (Å²) >= 11 is 7.45. The predicted octanol–water partition coefficient (Wildman–Crippen LogP) is 4.25. The second-order valence-electron chi connectivity index (χ2n) is 5.44. The third-order valence-electron chi connectivity index (χ3n) is 3.75. The quantitative estimate of drug-likeness (QED) is 0.760. The maximum Gasteiger partial charge on any atom is 0.227 e. The van der Waals surface area contributed by atoms with E-state index in [1.54, 1.807) is 11.0 Å². The second-order valence-corrected chi connectivity index (χ2v) is 7.24. The minimum atomic E-state index is -0.331. The number of nitrogens with two attached hydrogens (primary N) is 1. The molecule has 0 bridgehead atoms. The van der Waals surface area contributed by atoms with Gasteiger partial charge in [-0.1, -0.05) is 54.9 Å². The van der Waals surface area contributed by atoms with Crippen molar-refractivity contribution in [2.75, 3.05) is 6.54 Å². The normalized spacial score (nSPS) is 13.3. The Morgan fingerprint density at radius 3 is 2.61 bits per heavy atom. The first-order valence-corrected chi connectivity index (χ1v) is 8.66. The summed E-state index contributed by atoms with van der Waals surface area (Å²) in [5, 5.41) is 0. The van der Waals surface area contributed by atoms with Gasteiger partial charge >= 0.3 is 0 Å². The van der Waals surface area contributed by atoms with Gasteiger partial charge in [0.2, 0.25) is 5.91 Å². The molecule has 0 aliphatic carbocycles. The van der Waals surface area contributed by atoms with Gasteiger partial charge in [0.1, 0.15) is 0 Å². The Bertz CT molecular complexity index is 656. The van der Waals surface area contributed by atoms with Crippen LogP contribution in [0.2, 0.25) is 4.34 Å². The summed E-state index contributed by atoms with van der Waals surface area (Å²) in [6, 6.07) is 13.2. The predicted molar refractivity (Wildman–Crippen MR) is 97.5 cm³/mol. The van der Waals surface area contributed by atoms with E-state index in [4.69, 9.17) is 17.3 Å². The van der Waals surface area contributed by atoms with Crippen LogP contribution in [0.3, 0.4) is 0 Å². The molecular weight excluding hydrogens is 328 g/mol. The first-order chi connectivity index (χ1) is 11.0. The van der Waals surface area contributed by atoms with Gasteiger partial charge in [0, 0.05) is 17.5 Å².